The Morgan fingerprint density at radius 3 is 2.38 bits per heavy atom. The average Bonchev–Trinajstić information content (AvgIpc) is 2.92. The van der Waals surface area contributed by atoms with E-state index in [0.717, 1.165) is 28.1 Å². The third-order valence-electron chi connectivity index (χ3n) is 6.27. The Morgan fingerprint density at radius 2 is 1.59 bits per heavy atom. The number of amides is 2. The molecule has 5 heteroatoms. The summed E-state index contributed by atoms with van der Waals surface area (Å²) in [6, 6.07) is 33.7. The molecule has 1 N–H and O–H groups in total. The number of rotatable bonds is 7. The molecule has 2 amide bonds. The predicted molar refractivity (Wildman–Crippen MR) is 152 cm³/mol. The van der Waals surface area contributed by atoms with E-state index in [-0.39, 0.29) is 11.8 Å². The maximum absolute atomic E-state index is 13.6. The summed E-state index contributed by atoms with van der Waals surface area (Å²) in [5.41, 5.74) is 5.87. The second-order valence-electron chi connectivity index (χ2n) is 9.07. The van der Waals surface area contributed by atoms with Crippen LogP contribution in [0.5, 0.6) is 0 Å². The summed E-state index contributed by atoms with van der Waals surface area (Å²) in [6.07, 6.45) is 2.69. The lowest BCUT2D eigenvalue weighted by Crippen LogP contribution is -2.33. The first kappa shape index (κ1) is 24.6. The Balaban J connectivity index is 1.30. The first-order valence-corrected chi connectivity index (χ1v) is 13.2. The lowest BCUT2D eigenvalue weighted by atomic mass is 10.1. The molecule has 4 nitrogen and oxygen atoms in total. The molecular weight excluding hydrogens is 476 g/mol. The van der Waals surface area contributed by atoms with Gasteiger partial charge in [0.05, 0.1) is 17.1 Å². The number of hydrogen-bond acceptors (Lipinski definition) is 3. The van der Waals surface area contributed by atoms with Gasteiger partial charge in [-0.1, -0.05) is 96.2 Å². The van der Waals surface area contributed by atoms with Crippen molar-refractivity contribution in [2.75, 3.05) is 11.4 Å². The number of nitrogens with zero attached hydrogens (tertiary/aromatic N) is 1. The van der Waals surface area contributed by atoms with Gasteiger partial charge in [0.2, 0.25) is 0 Å². The zero-order chi connectivity index (χ0) is 25.6. The maximum atomic E-state index is 13.6. The van der Waals surface area contributed by atoms with Gasteiger partial charge in [0, 0.05) is 17.0 Å². The Morgan fingerprint density at radius 1 is 0.865 bits per heavy atom. The second kappa shape index (κ2) is 11.3. The van der Waals surface area contributed by atoms with Crippen LogP contribution < -0.4 is 10.2 Å². The number of anilines is 1. The summed E-state index contributed by atoms with van der Waals surface area (Å²) in [6.45, 7) is 3.15. The maximum Gasteiger partial charge on any atom is 0.265 e. The van der Waals surface area contributed by atoms with Gasteiger partial charge in [-0.15, -0.1) is 0 Å². The number of para-hydroxylation sites is 1. The summed E-state index contributed by atoms with van der Waals surface area (Å²) in [5, 5.41) is 2.98. The highest BCUT2D eigenvalue weighted by Crippen LogP contribution is 2.42. The van der Waals surface area contributed by atoms with Gasteiger partial charge in [-0.3, -0.25) is 9.59 Å². The van der Waals surface area contributed by atoms with Gasteiger partial charge in [-0.05, 0) is 60.4 Å². The van der Waals surface area contributed by atoms with Crippen molar-refractivity contribution < 1.29 is 9.59 Å². The van der Waals surface area contributed by atoms with Gasteiger partial charge in [-0.2, -0.15) is 0 Å². The highest BCUT2D eigenvalue weighted by atomic mass is 32.2. The molecule has 0 atom stereocenters. The molecule has 0 radical (unpaired) electrons. The highest BCUT2D eigenvalue weighted by molar-refractivity contribution is 8.04. The van der Waals surface area contributed by atoms with E-state index in [0.29, 0.717) is 23.6 Å². The van der Waals surface area contributed by atoms with E-state index in [4.69, 9.17) is 0 Å². The van der Waals surface area contributed by atoms with Crippen LogP contribution in [0.1, 0.15) is 32.6 Å². The van der Waals surface area contributed by atoms with Crippen molar-refractivity contribution in [1.29, 1.82) is 0 Å². The van der Waals surface area contributed by atoms with Gasteiger partial charge in [0.25, 0.3) is 11.8 Å². The van der Waals surface area contributed by atoms with Crippen LogP contribution in [0.15, 0.2) is 113 Å². The lowest BCUT2D eigenvalue weighted by Gasteiger charge is -2.30. The fourth-order valence-electron chi connectivity index (χ4n) is 4.36. The van der Waals surface area contributed by atoms with Crippen LogP contribution in [-0.2, 0) is 17.8 Å². The molecule has 0 bridgehead atoms. The van der Waals surface area contributed by atoms with E-state index >= 15 is 0 Å². The van der Waals surface area contributed by atoms with E-state index < -0.39 is 0 Å². The molecule has 1 heterocycles. The molecule has 4 aromatic carbocycles. The molecule has 0 aliphatic carbocycles. The first-order valence-electron chi connectivity index (χ1n) is 12.3. The number of carbonyl (C=O) groups is 2. The topological polar surface area (TPSA) is 49.4 Å². The molecular formula is C32H28N2O2S. The Labute approximate surface area is 222 Å². The van der Waals surface area contributed by atoms with Crippen molar-refractivity contribution in [3.8, 4) is 0 Å². The summed E-state index contributed by atoms with van der Waals surface area (Å²) >= 11 is 1.49. The second-order valence-corrected chi connectivity index (χ2v) is 10.2. The third kappa shape index (κ3) is 6.01. The van der Waals surface area contributed by atoms with Crippen molar-refractivity contribution in [1.82, 2.24) is 5.32 Å². The Bertz CT molecular complexity index is 1450. The number of carbonyl (C=O) groups excluding carboxylic acids is 2. The lowest BCUT2D eigenvalue weighted by molar-refractivity contribution is -0.114. The summed E-state index contributed by atoms with van der Waals surface area (Å²) in [5.74, 6) is -0.121. The van der Waals surface area contributed by atoms with Crippen LogP contribution in [0.25, 0.3) is 6.08 Å². The molecule has 0 spiro atoms. The molecule has 1 aliphatic heterocycles. The van der Waals surface area contributed by atoms with E-state index in [1.165, 1.54) is 22.9 Å². The molecule has 4 aromatic rings. The summed E-state index contributed by atoms with van der Waals surface area (Å²) in [4.78, 5) is 29.7. The standard InChI is InChI=1S/C32H28N2O2S/c1-23-8-7-11-26(20-23)22-34-28-12-5-6-13-29(28)37-30(32(34)36)21-25-14-16-27(17-15-25)31(35)33-19-18-24-9-3-2-4-10-24/h2-17,20-21H,18-19,22H2,1H3,(H,33,35)/b30-21+. The van der Waals surface area contributed by atoms with Crippen LogP contribution in [0, 0.1) is 6.92 Å². The zero-order valence-electron chi connectivity index (χ0n) is 20.7. The zero-order valence-corrected chi connectivity index (χ0v) is 21.5. The normalized spacial score (nSPS) is 13.9. The molecule has 0 unspecified atom stereocenters. The number of nitrogens with one attached hydrogen (secondary N) is 1. The van der Waals surface area contributed by atoms with Crippen LogP contribution >= 0.6 is 11.8 Å². The highest BCUT2D eigenvalue weighted by Gasteiger charge is 2.29. The minimum Gasteiger partial charge on any atom is -0.352 e. The molecule has 1 aliphatic rings. The van der Waals surface area contributed by atoms with Crippen LogP contribution in [-0.4, -0.2) is 18.4 Å². The molecule has 37 heavy (non-hydrogen) atoms. The SMILES string of the molecule is Cc1cccc(CN2C(=O)/C(=C\c3ccc(C(=O)NCCc4ccccc4)cc3)Sc3ccccc32)c1. The first-order chi connectivity index (χ1) is 18.1. The summed E-state index contributed by atoms with van der Waals surface area (Å²) in [7, 11) is 0. The number of fused-ring (bicyclic) bond motifs is 1. The average molecular weight is 505 g/mol. The number of benzene rings is 4. The van der Waals surface area contributed by atoms with Crippen molar-refractivity contribution in [3.05, 3.63) is 136 Å². The number of hydrogen-bond donors (Lipinski definition) is 1. The smallest absolute Gasteiger partial charge is 0.265 e. The summed E-state index contributed by atoms with van der Waals surface area (Å²) < 4.78 is 0. The van der Waals surface area contributed by atoms with E-state index in [2.05, 4.69) is 42.6 Å². The van der Waals surface area contributed by atoms with Crippen LogP contribution in [0.4, 0.5) is 5.69 Å². The van der Waals surface area contributed by atoms with Crippen LogP contribution in [0.3, 0.4) is 0 Å². The Hall–Kier alpha value is -4.09. The molecule has 5 rings (SSSR count). The molecule has 0 fully saturated rings. The largest absolute Gasteiger partial charge is 0.352 e. The molecule has 0 saturated carbocycles. The predicted octanol–water partition coefficient (Wildman–Crippen LogP) is 6.65. The fourth-order valence-corrected chi connectivity index (χ4v) is 5.42. The minimum atomic E-state index is -0.100. The molecule has 0 aromatic heterocycles. The Kier molecular flexibility index (Phi) is 7.52. The third-order valence-corrected chi connectivity index (χ3v) is 7.35. The van der Waals surface area contributed by atoms with Gasteiger partial charge in [0.15, 0.2) is 0 Å². The van der Waals surface area contributed by atoms with E-state index in [9.17, 15) is 9.59 Å². The van der Waals surface area contributed by atoms with Crippen LogP contribution in [0.2, 0.25) is 0 Å². The monoisotopic (exact) mass is 504 g/mol. The number of aryl methyl sites for hydroxylation is 1. The van der Waals surface area contributed by atoms with E-state index in [1.54, 1.807) is 12.1 Å². The quantitative estimate of drug-likeness (QED) is 0.287. The van der Waals surface area contributed by atoms with E-state index in [1.807, 2.05) is 71.6 Å². The van der Waals surface area contributed by atoms with Gasteiger partial charge in [0.1, 0.15) is 0 Å². The van der Waals surface area contributed by atoms with Gasteiger partial charge in [-0.25, -0.2) is 0 Å². The van der Waals surface area contributed by atoms with Crippen molar-refractivity contribution >= 4 is 35.3 Å². The fraction of sp³-hybridized carbons (Fsp3) is 0.125. The van der Waals surface area contributed by atoms with Crippen molar-refractivity contribution in [2.45, 2.75) is 24.8 Å². The van der Waals surface area contributed by atoms with Gasteiger partial charge < -0.3 is 10.2 Å². The van der Waals surface area contributed by atoms with Crippen molar-refractivity contribution in [3.63, 3.8) is 0 Å². The molecule has 184 valence electrons. The van der Waals surface area contributed by atoms with Crippen molar-refractivity contribution in [2.24, 2.45) is 0 Å². The van der Waals surface area contributed by atoms with Gasteiger partial charge >= 0.3 is 0 Å². The molecule has 0 saturated heterocycles. The number of thioether (sulfide) groups is 1. The minimum absolute atomic E-state index is 0.0204.